The topological polar surface area (TPSA) is 52.7 Å². The second kappa shape index (κ2) is 8.99. The fraction of sp³-hybridized carbons (Fsp3) is 0.368. The van der Waals surface area contributed by atoms with E-state index in [9.17, 15) is 8.42 Å². The van der Waals surface area contributed by atoms with Crippen molar-refractivity contribution in [1.29, 1.82) is 0 Å². The highest BCUT2D eigenvalue weighted by Gasteiger charge is 2.17. The molecule has 1 aliphatic rings. The van der Waals surface area contributed by atoms with Crippen LogP contribution in [0.15, 0.2) is 64.0 Å². The summed E-state index contributed by atoms with van der Waals surface area (Å²) >= 11 is 3.31. The van der Waals surface area contributed by atoms with Gasteiger partial charge in [0.15, 0.2) is 0 Å². The molecule has 0 spiro atoms. The van der Waals surface area contributed by atoms with Crippen LogP contribution in [-0.4, -0.2) is 52.6 Å². The van der Waals surface area contributed by atoms with Crippen LogP contribution in [0.25, 0.3) is 0 Å². The molecule has 0 aliphatic carbocycles. The number of piperazine rings is 1. The van der Waals surface area contributed by atoms with Gasteiger partial charge in [-0.1, -0.05) is 40.2 Å². The van der Waals surface area contributed by atoms with Crippen LogP contribution in [0, 0.1) is 0 Å². The molecule has 0 unspecified atom stereocenters. The van der Waals surface area contributed by atoms with Gasteiger partial charge >= 0.3 is 0 Å². The summed E-state index contributed by atoms with van der Waals surface area (Å²) < 4.78 is 28.0. The van der Waals surface area contributed by atoms with Gasteiger partial charge in [-0.2, -0.15) is 0 Å². The lowest BCUT2D eigenvalue weighted by Crippen LogP contribution is -2.47. The van der Waals surface area contributed by atoms with E-state index >= 15 is 0 Å². The first-order valence-electron chi connectivity index (χ1n) is 8.82. The molecule has 7 heteroatoms. The summed E-state index contributed by atoms with van der Waals surface area (Å²) in [6, 6.07) is 17.2. The Bertz CT molecular complexity index is 807. The molecule has 2 aromatic rings. The van der Waals surface area contributed by atoms with E-state index in [2.05, 4.69) is 54.7 Å². The van der Waals surface area contributed by atoms with Crippen molar-refractivity contribution in [1.82, 2.24) is 9.62 Å². The molecule has 1 N–H and O–H groups in total. The average Bonchev–Trinajstić information content (AvgIpc) is 2.66. The third-order valence-electron chi connectivity index (χ3n) is 4.54. The molecule has 0 radical (unpaired) electrons. The quantitative estimate of drug-likeness (QED) is 0.676. The Balaban J connectivity index is 1.39. The molecule has 0 bridgehead atoms. The van der Waals surface area contributed by atoms with Crippen molar-refractivity contribution in [3.63, 3.8) is 0 Å². The Labute approximate surface area is 164 Å². The van der Waals surface area contributed by atoms with E-state index in [-0.39, 0.29) is 0 Å². The molecule has 1 aliphatic heterocycles. The number of hydrogen-bond donors (Lipinski definition) is 1. The monoisotopic (exact) mass is 437 g/mol. The van der Waals surface area contributed by atoms with Gasteiger partial charge in [0.2, 0.25) is 10.0 Å². The summed E-state index contributed by atoms with van der Waals surface area (Å²) in [7, 11) is -3.44. The van der Waals surface area contributed by atoms with Gasteiger partial charge < -0.3 is 4.90 Å². The van der Waals surface area contributed by atoms with Crippen molar-refractivity contribution in [2.45, 2.75) is 11.3 Å². The molecule has 0 saturated carbocycles. The Morgan fingerprint density at radius 1 is 0.962 bits per heavy atom. The van der Waals surface area contributed by atoms with E-state index in [1.54, 1.807) is 18.2 Å². The number of anilines is 1. The largest absolute Gasteiger partial charge is 0.369 e. The Hall–Kier alpha value is -1.41. The van der Waals surface area contributed by atoms with Gasteiger partial charge in [0.25, 0.3) is 0 Å². The van der Waals surface area contributed by atoms with Crippen molar-refractivity contribution in [3.05, 3.63) is 59.1 Å². The number of nitrogens with zero attached hydrogens (tertiary/aromatic N) is 2. The molecule has 0 amide bonds. The van der Waals surface area contributed by atoms with Gasteiger partial charge in [-0.3, -0.25) is 4.90 Å². The minimum absolute atomic E-state index is 0.295. The fourth-order valence-electron chi connectivity index (χ4n) is 3.10. The minimum Gasteiger partial charge on any atom is -0.369 e. The maximum Gasteiger partial charge on any atom is 0.240 e. The number of nitrogens with one attached hydrogen (secondary N) is 1. The van der Waals surface area contributed by atoms with Gasteiger partial charge in [-0.05, 0) is 43.3 Å². The van der Waals surface area contributed by atoms with Gasteiger partial charge in [0.1, 0.15) is 0 Å². The van der Waals surface area contributed by atoms with Crippen LogP contribution in [0.4, 0.5) is 5.69 Å². The van der Waals surface area contributed by atoms with Crippen LogP contribution < -0.4 is 9.62 Å². The van der Waals surface area contributed by atoms with Crippen molar-refractivity contribution < 1.29 is 8.42 Å². The molecule has 3 rings (SSSR count). The predicted molar refractivity (Wildman–Crippen MR) is 109 cm³/mol. The van der Waals surface area contributed by atoms with Gasteiger partial charge in [-0.25, -0.2) is 13.1 Å². The van der Waals surface area contributed by atoms with Crippen LogP contribution in [-0.2, 0) is 10.0 Å². The Morgan fingerprint density at radius 3 is 2.38 bits per heavy atom. The lowest BCUT2D eigenvalue weighted by atomic mass is 10.2. The molecule has 1 fully saturated rings. The van der Waals surface area contributed by atoms with Crippen LogP contribution in [0.2, 0.25) is 0 Å². The summed E-state index contributed by atoms with van der Waals surface area (Å²) in [5, 5.41) is 0. The van der Waals surface area contributed by atoms with Gasteiger partial charge in [-0.15, -0.1) is 0 Å². The summed E-state index contributed by atoms with van der Waals surface area (Å²) in [6.45, 7) is 5.39. The van der Waals surface area contributed by atoms with E-state index in [0.717, 1.165) is 43.6 Å². The molecule has 0 aromatic heterocycles. The zero-order chi connectivity index (χ0) is 18.4. The first-order valence-corrected chi connectivity index (χ1v) is 11.1. The molecule has 5 nitrogen and oxygen atoms in total. The summed E-state index contributed by atoms with van der Waals surface area (Å²) in [4.78, 5) is 5.09. The van der Waals surface area contributed by atoms with Crippen molar-refractivity contribution in [2.24, 2.45) is 0 Å². The second-order valence-electron chi connectivity index (χ2n) is 6.37. The fourth-order valence-corrected chi connectivity index (χ4v) is 4.77. The minimum atomic E-state index is -3.44. The van der Waals surface area contributed by atoms with Gasteiger partial charge in [0, 0.05) is 42.9 Å². The lowest BCUT2D eigenvalue weighted by molar-refractivity contribution is 0.255. The number of sulfonamides is 1. The molecule has 140 valence electrons. The van der Waals surface area contributed by atoms with Crippen molar-refractivity contribution in [3.8, 4) is 0 Å². The summed E-state index contributed by atoms with van der Waals surface area (Å²) in [6.07, 6.45) is 0.804. The first kappa shape index (κ1) is 19.4. The molecular weight excluding hydrogens is 414 g/mol. The zero-order valence-electron chi connectivity index (χ0n) is 14.6. The van der Waals surface area contributed by atoms with Crippen LogP contribution in [0.1, 0.15) is 6.42 Å². The molecule has 1 heterocycles. The number of rotatable bonds is 7. The molecule has 2 aromatic carbocycles. The number of hydrogen-bond acceptors (Lipinski definition) is 4. The van der Waals surface area contributed by atoms with Crippen LogP contribution in [0.5, 0.6) is 0 Å². The zero-order valence-corrected chi connectivity index (χ0v) is 17.0. The number of para-hydroxylation sites is 1. The molecule has 26 heavy (non-hydrogen) atoms. The lowest BCUT2D eigenvalue weighted by Gasteiger charge is -2.36. The summed E-state index contributed by atoms with van der Waals surface area (Å²) in [5.74, 6) is 0. The second-order valence-corrected chi connectivity index (χ2v) is 9.06. The normalized spacial score (nSPS) is 16.0. The predicted octanol–water partition coefficient (Wildman–Crippen LogP) is 2.94. The SMILES string of the molecule is O=S(=O)(NCCCN1CCN(c2ccccc2)CC1)c1cccc(Br)c1. The maximum atomic E-state index is 12.3. The standard InChI is InChI=1S/C19H24BrN3O2S/c20-17-6-4-9-19(16-17)26(24,25)21-10-5-11-22-12-14-23(15-13-22)18-7-2-1-3-8-18/h1-4,6-9,16,21H,5,10-15H2. The molecule has 1 saturated heterocycles. The third-order valence-corrected chi connectivity index (χ3v) is 6.50. The van der Waals surface area contributed by atoms with E-state index in [1.807, 2.05) is 12.1 Å². The van der Waals surface area contributed by atoms with E-state index in [1.165, 1.54) is 5.69 Å². The number of halogens is 1. The van der Waals surface area contributed by atoms with E-state index in [4.69, 9.17) is 0 Å². The van der Waals surface area contributed by atoms with Crippen LogP contribution in [0.3, 0.4) is 0 Å². The highest BCUT2D eigenvalue weighted by atomic mass is 79.9. The maximum absolute atomic E-state index is 12.3. The van der Waals surface area contributed by atoms with Crippen LogP contribution >= 0.6 is 15.9 Å². The Kier molecular flexibility index (Phi) is 6.69. The molecular formula is C19H24BrN3O2S. The van der Waals surface area contributed by atoms with Gasteiger partial charge in [0.05, 0.1) is 4.90 Å². The summed E-state index contributed by atoms with van der Waals surface area (Å²) in [5.41, 5.74) is 1.27. The number of benzene rings is 2. The van der Waals surface area contributed by atoms with Crippen molar-refractivity contribution >= 4 is 31.6 Å². The highest BCUT2D eigenvalue weighted by molar-refractivity contribution is 9.10. The highest BCUT2D eigenvalue weighted by Crippen LogP contribution is 2.17. The first-order chi connectivity index (χ1) is 12.5. The van der Waals surface area contributed by atoms with E-state index in [0.29, 0.717) is 11.4 Å². The third kappa shape index (κ3) is 5.30. The molecule has 0 atom stereocenters. The smallest absolute Gasteiger partial charge is 0.240 e. The average molecular weight is 438 g/mol. The van der Waals surface area contributed by atoms with Crippen molar-refractivity contribution in [2.75, 3.05) is 44.2 Å². The Morgan fingerprint density at radius 2 is 1.69 bits per heavy atom. The van der Waals surface area contributed by atoms with E-state index < -0.39 is 10.0 Å².